The Morgan fingerprint density at radius 3 is 2.73 bits per heavy atom. The second kappa shape index (κ2) is 5.63. The van der Waals surface area contributed by atoms with E-state index in [-0.39, 0.29) is 18.2 Å². The summed E-state index contributed by atoms with van der Waals surface area (Å²) in [6, 6.07) is 0. The Kier molecular flexibility index (Phi) is 4.46. The topological polar surface area (TPSA) is 60.4 Å². The molecule has 0 spiro atoms. The lowest BCUT2D eigenvalue weighted by atomic mass is 10.1. The molecule has 0 amide bonds. The van der Waals surface area contributed by atoms with Gasteiger partial charge in [-0.2, -0.15) is 0 Å². The van der Waals surface area contributed by atoms with Gasteiger partial charge in [-0.3, -0.25) is 9.59 Å². The summed E-state index contributed by atoms with van der Waals surface area (Å²) in [5.74, 6) is -0.877. The Bertz CT molecular complexity index is 270. The molecule has 1 aliphatic rings. The molecular formula is C11H16O4. The second-order valence-electron chi connectivity index (χ2n) is 3.88. The Hall–Kier alpha value is -1.19. The van der Waals surface area contributed by atoms with Gasteiger partial charge in [-0.05, 0) is 26.2 Å². The molecule has 0 aliphatic heterocycles. The molecule has 4 heteroatoms. The summed E-state index contributed by atoms with van der Waals surface area (Å²) in [6.07, 6.45) is 2.86. The summed E-state index contributed by atoms with van der Waals surface area (Å²) in [7, 11) is 0. The van der Waals surface area contributed by atoms with Gasteiger partial charge in [0.25, 0.3) is 0 Å². The predicted octanol–water partition coefficient (Wildman–Crippen LogP) is 1.27. The van der Waals surface area contributed by atoms with E-state index in [1.165, 1.54) is 6.92 Å². The van der Waals surface area contributed by atoms with Crippen molar-refractivity contribution >= 4 is 17.5 Å². The van der Waals surface area contributed by atoms with Crippen molar-refractivity contribution in [1.82, 2.24) is 0 Å². The van der Waals surface area contributed by atoms with E-state index in [1.54, 1.807) is 0 Å². The molecular weight excluding hydrogens is 196 g/mol. The average Bonchev–Trinajstić information content (AvgIpc) is 2.58. The van der Waals surface area contributed by atoms with Crippen LogP contribution in [0.1, 0.15) is 39.0 Å². The third kappa shape index (κ3) is 3.81. The van der Waals surface area contributed by atoms with Crippen LogP contribution in [0, 0.1) is 5.92 Å². The average molecular weight is 212 g/mol. The predicted molar refractivity (Wildman–Crippen MR) is 53.2 cm³/mol. The van der Waals surface area contributed by atoms with Gasteiger partial charge in [0.05, 0.1) is 6.61 Å². The number of hydrogen-bond acceptors (Lipinski definition) is 4. The molecule has 0 N–H and O–H groups in total. The van der Waals surface area contributed by atoms with Crippen LogP contribution >= 0.6 is 0 Å². The summed E-state index contributed by atoms with van der Waals surface area (Å²) in [6.45, 7) is 1.74. The molecule has 0 heterocycles. The fourth-order valence-corrected chi connectivity index (χ4v) is 1.66. The maximum absolute atomic E-state index is 11.4. The SMILES string of the molecule is CC(=O)CCCOC(=O)C1CCCC1=O. The van der Waals surface area contributed by atoms with Crippen LogP contribution in [0.3, 0.4) is 0 Å². The van der Waals surface area contributed by atoms with Gasteiger partial charge in [0.2, 0.25) is 0 Å². The van der Waals surface area contributed by atoms with E-state index < -0.39 is 11.9 Å². The number of ether oxygens (including phenoxy) is 1. The van der Waals surface area contributed by atoms with Crippen molar-refractivity contribution in [2.24, 2.45) is 5.92 Å². The van der Waals surface area contributed by atoms with Gasteiger partial charge in [0, 0.05) is 12.8 Å². The lowest BCUT2D eigenvalue weighted by molar-refractivity contribution is -0.151. The van der Waals surface area contributed by atoms with Crippen molar-refractivity contribution in [3.63, 3.8) is 0 Å². The number of carbonyl (C=O) groups excluding carboxylic acids is 3. The molecule has 0 aromatic rings. The summed E-state index contributed by atoms with van der Waals surface area (Å²) in [4.78, 5) is 33.2. The van der Waals surface area contributed by atoms with E-state index in [2.05, 4.69) is 0 Å². The maximum atomic E-state index is 11.4. The maximum Gasteiger partial charge on any atom is 0.316 e. The monoisotopic (exact) mass is 212 g/mol. The normalized spacial score (nSPS) is 20.3. The molecule has 84 valence electrons. The van der Waals surface area contributed by atoms with Crippen LogP contribution in [-0.2, 0) is 19.1 Å². The number of hydrogen-bond donors (Lipinski definition) is 0. The van der Waals surface area contributed by atoms with Crippen molar-refractivity contribution in [2.45, 2.75) is 39.0 Å². The molecule has 1 fully saturated rings. The first-order chi connectivity index (χ1) is 7.11. The lowest BCUT2D eigenvalue weighted by Crippen LogP contribution is -2.21. The van der Waals surface area contributed by atoms with Crippen LogP contribution in [-0.4, -0.2) is 24.1 Å². The minimum Gasteiger partial charge on any atom is -0.465 e. The Morgan fingerprint density at radius 2 is 2.20 bits per heavy atom. The van der Waals surface area contributed by atoms with Crippen molar-refractivity contribution < 1.29 is 19.1 Å². The summed E-state index contributed by atoms with van der Waals surface area (Å²) < 4.78 is 4.93. The highest BCUT2D eigenvalue weighted by Gasteiger charge is 2.31. The standard InChI is InChI=1S/C11H16O4/c1-8(12)4-3-7-15-11(14)9-5-2-6-10(9)13/h9H,2-7H2,1H3. The zero-order valence-corrected chi connectivity index (χ0v) is 8.95. The van der Waals surface area contributed by atoms with Crippen molar-refractivity contribution in [3.8, 4) is 0 Å². The second-order valence-corrected chi connectivity index (χ2v) is 3.88. The highest BCUT2D eigenvalue weighted by Crippen LogP contribution is 2.22. The molecule has 0 saturated heterocycles. The molecule has 15 heavy (non-hydrogen) atoms. The van der Waals surface area contributed by atoms with Crippen molar-refractivity contribution in [2.75, 3.05) is 6.61 Å². The highest BCUT2D eigenvalue weighted by atomic mass is 16.5. The van der Waals surface area contributed by atoms with Gasteiger partial charge >= 0.3 is 5.97 Å². The first-order valence-electron chi connectivity index (χ1n) is 5.30. The Labute approximate surface area is 89.0 Å². The molecule has 0 aromatic carbocycles. The molecule has 0 radical (unpaired) electrons. The van der Waals surface area contributed by atoms with Gasteiger partial charge in [0.1, 0.15) is 17.5 Å². The van der Waals surface area contributed by atoms with E-state index in [0.29, 0.717) is 25.7 Å². The smallest absolute Gasteiger partial charge is 0.316 e. The summed E-state index contributed by atoms with van der Waals surface area (Å²) in [5.41, 5.74) is 0. The lowest BCUT2D eigenvalue weighted by Gasteiger charge is -2.07. The van der Waals surface area contributed by atoms with Gasteiger partial charge < -0.3 is 9.53 Å². The molecule has 0 bridgehead atoms. The van der Waals surface area contributed by atoms with Gasteiger partial charge in [-0.15, -0.1) is 0 Å². The molecule has 1 atom stereocenters. The van der Waals surface area contributed by atoms with Crippen LogP contribution < -0.4 is 0 Å². The first kappa shape index (κ1) is 11.9. The largest absolute Gasteiger partial charge is 0.465 e. The first-order valence-corrected chi connectivity index (χ1v) is 5.30. The number of esters is 1. The quantitative estimate of drug-likeness (QED) is 0.391. The molecule has 1 saturated carbocycles. The molecule has 0 aromatic heterocycles. The van der Waals surface area contributed by atoms with E-state index in [0.717, 1.165) is 6.42 Å². The van der Waals surface area contributed by atoms with Crippen LogP contribution in [0.5, 0.6) is 0 Å². The van der Waals surface area contributed by atoms with E-state index in [1.807, 2.05) is 0 Å². The third-order valence-corrected chi connectivity index (χ3v) is 2.51. The minimum absolute atomic E-state index is 0.00781. The van der Waals surface area contributed by atoms with Gasteiger partial charge in [-0.1, -0.05) is 0 Å². The highest BCUT2D eigenvalue weighted by molar-refractivity contribution is 6.00. The third-order valence-electron chi connectivity index (χ3n) is 2.51. The molecule has 1 rings (SSSR count). The molecule has 1 unspecified atom stereocenters. The van der Waals surface area contributed by atoms with Crippen LogP contribution in [0.25, 0.3) is 0 Å². The van der Waals surface area contributed by atoms with Crippen molar-refractivity contribution in [3.05, 3.63) is 0 Å². The van der Waals surface area contributed by atoms with Crippen LogP contribution in [0.2, 0.25) is 0 Å². The van der Waals surface area contributed by atoms with Crippen LogP contribution in [0.15, 0.2) is 0 Å². The number of rotatable bonds is 5. The van der Waals surface area contributed by atoms with Crippen molar-refractivity contribution in [1.29, 1.82) is 0 Å². The fraction of sp³-hybridized carbons (Fsp3) is 0.727. The fourth-order valence-electron chi connectivity index (χ4n) is 1.66. The minimum atomic E-state index is -0.540. The zero-order valence-electron chi connectivity index (χ0n) is 8.95. The zero-order chi connectivity index (χ0) is 11.3. The summed E-state index contributed by atoms with van der Waals surface area (Å²) in [5, 5.41) is 0. The summed E-state index contributed by atoms with van der Waals surface area (Å²) >= 11 is 0. The molecule has 1 aliphatic carbocycles. The van der Waals surface area contributed by atoms with Gasteiger partial charge in [-0.25, -0.2) is 0 Å². The number of carbonyl (C=O) groups is 3. The Morgan fingerprint density at radius 1 is 1.47 bits per heavy atom. The van der Waals surface area contributed by atoms with E-state index >= 15 is 0 Å². The number of ketones is 2. The Balaban J connectivity index is 2.18. The van der Waals surface area contributed by atoms with Crippen LogP contribution in [0.4, 0.5) is 0 Å². The van der Waals surface area contributed by atoms with E-state index in [9.17, 15) is 14.4 Å². The van der Waals surface area contributed by atoms with Gasteiger partial charge in [0.15, 0.2) is 0 Å². The number of Topliss-reactive ketones (excluding diaryl/α,β-unsaturated/α-hetero) is 2. The van der Waals surface area contributed by atoms with E-state index in [4.69, 9.17) is 4.74 Å². The molecule has 4 nitrogen and oxygen atoms in total.